The third-order valence-electron chi connectivity index (χ3n) is 7.98. The first-order valence-electron chi connectivity index (χ1n) is 20.0. The monoisotopic (exact) mass is 779 g/mol. The van der Waals surface area contributed by atoms with Crippen LogP contribution in [0.25, 0.3) is 0 Å². The van der Waals surface area contributed by atoms with Crippen molar-refractivity contribution in [3.05, 3.63) is 72.9 Å². The highest BCUT2D eigenvalue weighted by Crippen LogP contribution is 2.43. The minimum atomic E-state index is -4.73. The fourth-order valence-corrected chi connectivity index (χ4v) is 5.63. The first kappa shape index (κ1) is 50.9. The largest absolute Gasteiger partial charge is 0.480 e. The number of esters is 2. The topological polar surface area (TPSA) is 172 Å². The van der Waals surface area contributed by atoms with Crippen LogP contribution in [0.4, 0.5) is 0 Å². The number of hydrogen-bond donors (Lipinski definition) is 3. The number of nitrogens with two attached hydrogens (primary N) is 1. The summed E-state index contributed by atoms with van der Waals surface area (Å²) in [5.74, 6) is -2.50. The van der Waals surface area contributed by atoms with E-state index < -0.39 is 51.1 Å². The van der Waals surface area contributed by atoms with E-state index in [0.29, 0.717) is 19.3 Å². The number of carboxylic acids is 1. The number of hydrogen-bond acceptors (Lipinski definition) is 9. The minimum absolute atomic E-state index is 0.0338. The third kappa shape index (κ3) is 35.9. The minimum Gasteiger partial charge on any atom is -0.480 e. The van der Waals surface area contributed by atoms with Crippen molar-refractivity contribution in [2.24, 2.45) is 5.73 Å². The number of aliphatic carboxylic acids is 1. The molecule has 0 aromatic heterocycles. The standard InChI is InChI=1S/C42H70NO10P/c1-3-5-7-9-11-13-15-16-17-18-19-20-21-22-24-26-28-30-32-34-41(45)53-38(36-51-54(48,49)52-37-39(43)42(46)47)35-50-40(44)33-31-29-27-25-23-14-12-10-8-6-4-2/h5,7,11,13,16-17,19-20,22,24,28,30,38-39H,3-4,6,8-10,12,14-15,18,21,23,25-27,29,31-37,43H2,1-2H3,(H,46,47)(H,48,49)/b7-5-,13-11-,17-16-,20-19-,24-22-,30-28-. The number of phosphoric ester groups is 1. The van der Waals surface area contributed by atoms with Gasteiger partial charge in [-0.1, -0.05) is 151 Å². The van der Waals surface area contributed by atoms with E-state index in [2.05, 4.69) is 73.1 Å². The molecule has 0 rings (SSSR count). The maximum Gasteiger partial charge on any atom is 0.472 e. The molecular formula is C42H70NO10P. The second-order valence-electron chi connectivity index (χ2n) is 13.0. The van der Waals surface area contributed by atoms with Crippen molar-refractivity contribution in [2.45, 2.75) is 154 Å². The SMILES string of the molecule is CC/C=C\C/C=C\C/C=C\C/C=C\C/C=C\C/C=C\CCC(=O)OC(COC(=O)CCCCCCCCCCCCC)COP(=O)(O)OCC(N)C(=O)O. The van der Waals surface area contributed by atoms with Crippen LogP contribution in [0.15, 0.2) is 72.9 Å². The van der Waals surface area contributed by atoms with Crippen molar-refractivity contribution >= 4 is 25.7 Å². The van der Waals surface area contributed by atoms with E-state index in [1.807, 2.05) is 18.2 Å². The number of phosphoric acid groups is 1. The Morgan fingerprint density at radius 3 is 1.52 bits per heavy atom. The maximum atomic E-state index is 12.6. The molecule has 0 aromatic rings. The summed E-state index contributed by atoms with van der Waals surface area (Å²) < 4.78 is 32.5. The Morgan fingerprint density at radius 2 is 1.04 bits per heavy atom. The molecule has 0 saturated heterocycles. The Bertz CT molecular complexity index is 1190. The van der Waals surface area contributed by atoms with Gasteiger partial charge in [0.05, 0.1) is 13.2 Å². The lowest BCUT2D eigenvalue weighted by Gasteiger charge is -2.20. The van der Waals surface area contributed by atoms with Crippen molar-refractivity contribution < 1.29 is 47.5 Å². The van der Waals surface area contributed by atoms with Gasteiger partial charge in [0, 0.05) is 12.8 Å². The molecule has 0 bridgehead atoms. The highest BCUT2D eigenvalue weighted by Gasteiger charge is 2.28. The van der Waals surface area contributed by atoms with Crippen LogP contribution in [0.1, 0.15) is 142 Å². The van der Waals surface area contributed by atoms with E-state index in [0.717, 1.165) is 51.4 Å². The van der Waals surface area contributed by atoms with Gasteiger partial charge in [0.15, 0.2) is 6.10 Å². The zero-order valence-electron chi connectivity index (χ0n) is 33.0. The van der Waals surface area contributed by atoms with Crippen LogP contribution in [-0.2, 0) is 37.5 Å². The molecule has 308 valence electrons. The number of carbonyl (C=O) groups excluding carboxylic acids is 2. The molecule has 12 heteroatoms. The normalized spacial score (nSPS) is 14.6. The van der Waals surface area contributed by atoms with Gasteiger partial charge in [-0.15, -0.1) is 0 Å². The van der Waals surface area contributed by atoms with Gasteiger partial charge < -0.3 is 25.2 Å². The lowest BCUT2D eigenvalue weighted by molar-refractivity contribution is -0.161. The Kier molecular flexibility index (Phi) is 34.8. The quantitative estimate of drug-likeness (QED) is 0.0239. The lowest BCUT2D eigenvalue weighted by atomic mass is 10.1. The number of carboxylic acid groups (broad SMARTS) is 1. The van der Waals surface area contributed by atoms with Gasteiger partial charge in [-0.3, -0.25) is 23.4 Å². The summed E-state index contributed by atoms with van der Waals surface area (Å²) in [5.41, 5.74) is 5.31. The maximum absolute atomic E-state index is 12.6. The fourth-order valence-electron chi connectivity index (χ4n) is 4.85. The first-order valence-corrected chi connectivity index (χ1v) is 21.5. The summed E-state index contributed by atoms with van der Waals surface area (Å²) in [6, 6.07) is -1.53. The lowest BCUT2D eigenvalue weighted by Crippen LogP contribution is -2.34. The van der Waals surface area contributed by atoms with Crippen molar-refractivity contribution in [1.29, 1.82) is 0 Å². The Hall–Kier alpha value is -3.08. The summed E-state index contributed by atoms with van der Waals surface area (Å²) >= 11 is 0. The summed E-state index contributed by atoms with van der Waals surface area (Å²) in [7, 11) is -4.73. The second-order valence-corrected chi connectivity index (χ2v) is 14.5. The van der Waals surface area contributed by atoms with Crippen LogP contribution in [0.5, 0.6) is 0 Å². The van der Waals surface area contributed by atoms with E-state index in [1.165, 1.54) is 44.9 Å². The summed E-state index contributed by atoms with van der Waals surface area (Å²) in [4.78, 5) is 45.7. The van der Waals surface area contributed by atoms with Crippen molar-refractivity contribution in [3.63, 3.8) is 0 Å². The third-order valence-corrected chi connectivity index (χ3v) is 8.93. The highest BCUT2D eigenvalue weighted by atomic mass is 31.2. The Balaban J connectivity index is 4.56. The van der Waals surface area contributed by atoms with Crippen LogP contribution in [0.2, 0.25) is 0 Å². The summed E-state index contributed by atoms with van der Waals surface area (Å²) in [5, 5.41) is 8.86. The molecular weight excluding hydrogens is 709 g/mol. The molecule has 0 radical (unpaired) electrons. The predicted molar refractivity (Wildman–Crippen MR) is 217 cm³/mol. The van der Waals surface area contributed by atoms with Crippen molar-refractivity contribution in [2.75, 3.05) is 19.8 Å². The van der Waals surface area contributed by atoms with Crippen LogP contribution in [-0.4, -0.2) is 59.9 Å². The zero-order valence-corrected chi connectivity index (χ0v) is 33.9. The van der Waals surface area contributed by atoms with E-state index in [1.54, 1.807) is 0 Å². The van der Waals surface area contributed by atoms with Crippen LogP contribution >= 0.6 is 7.82 Å². The summed E-state index contributed by atoms with van der Waals surface area (Å²) in [6.07, 6.45) is 42.7. The molecule has 0 aromatic carbocycles. The molecule has 0 saturated carbocycles. The Labute approximate surface area is 325 Å². The molecule has 11 nitrogen and oxygen atoms in total. The number of carbonyl (C=O) groups is 3. The van der Waals surface area contributed by atoms with E-state index >= 15 is 0 Å². The van der Waals surface area contributed by atoms with Gasteiger partial charge in [-0.25, -0.2) is 4.57 Å². The molecule has 3 atom stereocenters. The predicted octanol–water partition coefficient (Wildman–Crippen LogP) is 10.2. The molecule has 0 aliphatic carbocycles. The number of rotatable bonds is 36. The van der Waals surface area contributed by atoms with Crippen LogP contribution in [0.3, 0.4) is 0 Å². The fraction of sp³-hybridized carbons (Fsp3) is 0.643. The smallest absolute Gasteiger partial charge is 0.472 e. The van der Waals surface area contributed by atoms with Gasteiger partial charge in [-0.05, 0) is 51.4 Å². The molecule has 0 heterocycles. The molecule has 0 amide bonds. The number of unbranched alkanes of at least 4 members (excludes halogenated alkanes) is 10. The molecule has 0 aliphatic heterocycles. The molecule has 54 heavy (non-hydrogen) atoms. The van der Waals surface area contributed by atoms with Gasteiger partial charge >= 0.3 is 25.7 Å². The van der Waals surface area contributed by atoms with Crippen molar-refractivity contribution in [3.8, 4) is 0 Å². The van der Waals surface area contributed by atoms with E-state index in [9.17, 15) is 23.8 Å². The molecule has 0 aliphatic rings. The van der Waals surface area contributed by atoms with Gasteiger partial charge in [0.2, 0.25) is 0 Å². The van der Waals surface area contributed by atoms with Crippen molar-refractivity contribution in [1.82, 2.24) is 0 Å². The molecule has 0 fully saturated rings. The summed E-state index contributed by atoms with van der Waals surface area (Å²) in [6.45, 7) is 2.58. The average Bonchev–Trinajstić information content (AvgIpc) is 3.14. The molecule has 4 N–H and O–H groups in total. The second kappa shape index (κ2) is 36.9. The molecule has 0 spiro atoms. The first-order chi connectivity index (χ1) is 26.1. The van der Waals surface area contributed by atoms with Crippen LogP contribution < -0.4 is 5.73 Å². The van der Waals surface area contributed by atoms with Gasteiger partial charge in [-0.2, -0.15) is 0 Å². The van der Waals surface area contributed by atoms with E-state index in [-0.39, 0.29) is 19.4 Å². The van der Waals surface area contributed by atoms with Crippen LogP contribution in [0, 0.1) is 0 Å². The molecule has 3 unspecified atom stereocenters. The zero-order chi connectivity index (χ0) is 40.0. The van der Waals surface area contributed by atoms with Gasteiger partial charge in [0.25, 0.3) is 0 Å². The highest BCUT2D eigenvalue weighted by molar-refractivity contribution is 7.47. The van der Waals surface area contributed by atoms with E-state index in [4.69, 9.17) is 24.8 Å². The number of allylic oxidation sites excluding steroid dienone is 12. The average molecular weight is 780 g/mol. The Morgan fingerprint density at radius 1 is 0.593 bits per heavy atom. The number of ether oxygens (including phenoxy) is 2. The van der Waals surface area contributed by atoms with Gasteiger partial charge in [0.1, 0.15) is 12.6 Å².